The number of carboxylic acids is 1. The summed E-state index contributed by atoms with van der Waals surface area (Å²) in [5.74, 6) is -1.01. The van der Waals surface area contributed by atoms with Gasteiger partial charge in [0.15, 0.2) is 0 Å². The minimum Gasteiger partial charge on any atom is -0.478 e. The van der Waals surface area contributed by atoms with Crippen LogP contribution in [0, 0.1) is 6.92 Å². The minimum atomic E-state index is -1.01. The van der Waals surface area contributed by atoms with E-state index in [9.17, 15) is 4.79 Å². The molecule has 0 unspecified atom stereocenters. The molecule has 4 nitrogen and oxygen atoms in total. The summed E-state index contributed by atoms with van der Waals surface area (Å²) in [6.07, 6.45) is 0. The number of nitrogen functional groups attached to an aromatic ring is 1. The van der Waals surface area contributed by atoms with Crippen LogP contribution in [0.2, 0.25) is 0 Å². The van der Waals surface area contributed by atoms with Crippen LogP contribution in [-0.4, -0.2) is 11.1 Å². The van der Waals surface area contributed by atoms with Crippen LogP contribution in [0.25, 0.3) is 0 Å². The van der Waals surface area contributed by atoms with Gasteiger partial charge in [-0.1, -0.05) is 15.9 Å². The van der Waals surface area contributed by atoms with E-state index in [0.717, 1.165) is 15.7 Å². The average molecular weight is 321 g/mol. The third kappa shape index (κ3) is 3.06. The van der Waals surface area contributed by atoms with Crippen LogP contribution in [0.3, 0.4) is 0 Å². The first-order valence-corrected chi connectivity index (χ1v) is 6.42. The first kappa shape index (κ1) is 13.4. The Bertz CT molecular complexity index is 641. The van der Waals surface area contributed by atoms with E-state index in [1.54, 1.807) is 12.1 Å². The molecular formula is C14H13BrN2O2. The van der Waals surface area contributed by atoms with Gasteiger partial charge in [0.2, 0.25) is 0 Å². The van der Waals surface area contributed by atoms with Crippen molar-refractivity contribution in [3.05, 3.63) is 52.0 Å². The molecule has 98 valence electrons. The number of rotatable bonds is 3. The quantitative estimate of drug-likeness (QED) is 0.752. The zero-order valence-corrected chi connectivity index (χ0v) is 11.9. The first-order valence-electron chi connectivity index (χ1n) is 5.63. The van der Waals surface area contributed by atoms with Gasteiger partial charge < -0.3 is 16.2 Å². The highest BCUT2D eigenvalue weighted by Gasteiger charge is 2.10. The number of benzene rings is 2. The maximum absolute atomic E-state index is 11.2. The molecule has 0 aliphatic rings. The Morgan fingerprint density at radius 3 is 2.63 bits per heavy atom. The molecule has 2 aromatic rings. The van der Waals surface area contributed by atoms with Gasteiger partial charge in [0.1, 0.15) is 0 Å². The molecule has 5 heteroatoms. The fraction of sp³-hybridized carbons (Fsp3) is 0.0714. The number of carbonyl (C=O) groups is 1. The number of aromatic carboxylic acids is 1. The third-order valence-corrected chi connectivity index (χ3v) is 3.60. The summed E-state index contributed by atoms with van der Waals surface area (Å²) in [5.41, 5.74) is 8.60. The van der Waals surface area contributed by atoms with Gasteiger partial charge in [-0.2, -0.15) is 0 Å². The summed E-state index contributed by atoms with van der Waals surface area (Å²) in [6, 6.07) is 10.5. The molecule has 0 fully saturated rings. The van der Waals surface area contributed by atoms with E-state index >= 15 is 0 Å². The van der Waals surface area contributed by atoms with Crippen molar-refractivity contribution < 1.29 is 9.90 Å². The molecule has 0 radical (unpaired) electrons. The predicted octanol–water partition coefficient (Wildman–Crippen LogP) is 3.78. The summed E-state index contributed by atoms with van der Waals surface area (Å²) in [4.78, 5) is 11.2. The number of hydrogen-bond acceptors (Lipinski definition) is 3. The van der Waals surface area contributed by atoms with Crippen molar-refractivity contribution in [2.75, 3.05) is 11.1 Å². The number of anilines is 3. The largest absolute Gasteiger partial charge is 0.478 e. The molecule has 2 aromatic carbocycles. The molecule has 19 heavy (non-hydrogen) atoms. The van der Waals surface area contributed by atoms with Gasteiger partial charge in [-0.3, -0.25) is 0 Å². The SMILES string of the molecule is Cc1cc(Nc2ccc(N)cc2C(=O)O)ccc1Br. The molecule has 4 N–H and O–H groups in total. The van der Waals surface area contributed by atoms with E-state index in [0.29, 0.717) is 11.4 Å². The van der Waals surface area contributed by atoms with Gasteiger partial charge in [0.25, 0.3) is 0 Å². The molecule has 0 amide bonds. The highest BCUT2D eigenvalue weighted by atomic mass is 79.9. The number of nitrogens with one attached hydrogen (secondary N) is 1. The lowest BCUT2D eigenvalue weighted by atomic mass is 10.1. The number of aryl methyl sites for hydroxylation is 1. The monoisotopic (exact) mass is 320 g/mol. The topological polar surface area (TPSA) is 75.3 Å². The van der Waals surface area contributed by atoms with Crippen molar-refractivity contribution in [2.24, 2.45) is 0 Å². The highest BCUT2D eigenvalue weighted by Crippen LogP contribution is 2.26. The standard InChI is InChI=1S/C14H13BrN2O2/c1-8-6-10(3-4-12(8)15)17-13-5-2-9(16)7-11(13)14(18)19/h2-7,17H,16H2,1H3,(H,18,19). The van der Waals surface area contributed by atoms with E-state index in [1.807, 2.05) is 25.1 Å². The van der Waals surface area contributed by atoms with Crippen molar-refractivity contribution in [1.82, 2.24) is 0 Å². The molecule has 0 atom stereocenters. The lowest BCUT2D eigenvalue weighted by molar-refractivity contribution is 0.0698. The summed E-state index contributed by atoms with van der Waals surface area (Å²) in [6.45, 7) is 1.97. The van der Waals surface area contributed by atoms with Crippen LogP contribution in [0.15, 0.2) is 40.9 Å². The van der Waals surface area contributed by atoms with Crippen LogP contribution in [-0.2, 0) is 0 Å². The smallest absolute Gasteiger partial charge is 0.337 e. The minimum absolute atomic E-state index is 0.153. The molecule has 2 rings (SSSR count). The van der Waals surface area contributed by atoms with Crippen molar-refractivity contribution in [1.29, 1.82) is 0 Å². The lowest BCUT2D eigenvalue weighted by Gasteiger charge is -2.11. The fourth-order valence-electron chi connectivity index (χ4n) is 1.73. The van der Waals surface area contributed by atoms with Crippen LogP contribution in [0.4, 0.5) is 17.1 Å². The third-order valence-electron chi connectivity index (χ3n) is 2.71. The summed E-state index contributed by atoms with van der Waals surface area (Å²) in [7, 11) is 0. The van der Waals surface area contributed by atoms with E-state index in [-0.39, 0.29) is 5.56 Å². The molecule has 0 aromatic heterocycles. The van der Waals surface area contributed by atoms with Crippen LogP contribution < -0.4 is 11.1 Å². The van der Waals surface area contributed by atoms with Crippen molar-refractivity contribution in [3.8, 4) is 0 Å². The van der Waals surface area contributed by atoms with Crippen molar-refractivity contribution in [3.63, 3.8) is 0 Å². The van der Waals surface area contributed by atoms with Crippen LogP contribution >= 0.6 is 15.9 Å². The second-order valence-corrected chi connectivity index (χ2v) is 5.05. The Labute approximate surface area is 119 Å². The molecule has 0 aliphatic carbocycles. The molecule has 0 aliphatic heterocycles. The van der Waals surface area contributed by atoms with Gasteiger partial charge in [0, 0.05) is 15.8 Å². The van der Waals surface area contributed by atoms with E-state index in [4.69, 9.17) is 10.8 Å². The molecule has 0 saturated heterocycles. The predicted molar refractivity (Wildman–Crippen MR) is 80.0 cm³/mol. The number of nitrogens with two attached hydrogens (primary N) is 1. The maximum atomic E-state index is 11.2. The number of halogens is 1. The van der Waals surface area contributed by atoms with Gasteiger partial charge in [-0.05, 0) is 48.9 Å². The second-order valence-electron chi connectivity index (χ2n) is 4.20. The number of hydrogen-bond donors (Lipinski definition) is 3. The normalized spacial score (nSPS) is 10.2. The van der Waals surface area contributed by atoms with Crippen LogP contribution in [0.1, 0.15) is 15.9 Å². The molecule has 0 heterocycles. The van der Waals surface area contributed by atoms with E-state index in [2.05, 4.69) is 21.2 Å². The fourth-order valence-corrected chi connectivity index (χ4v) is 1.97. The molecule has 0 saturated carbocycles. The zero-order chi connectivity index (χ0) is 14.0. The average Bonchev–Trinajstić information content (AvgIpc) is 2.36. The van der Waals surface area contributed by atoms with Gasteiger partial charge in [-0.15, -0.1) is 0 Å². The molecule has 0 bridgehead atoms. The van der Waals surface area contributed by atoms with Gasteiger partial charge in [0.05, 0.1) is 11.3 Å². The molecular weight excluding hydrogens is 308 g/mol. The Balaban J connectivity index is 2.37. The maximum Gasteiger partial charge on any atom is 0.337 e. The highest BCUT2D eigenvalue weighted by molar-refractivity contribution is 9.10. The first-order chi connectivity index (χ1) is 8.97. The Morgan fingerprint density at radius 1 is 1.26 bits per heavy atom. The summed E-state index contributed by atoms with van der Waals surface area (Å²) < 4.78 is 1.01. The zero-order valence-electron chi connectivity index (χ0n) is 10.3. The Kier molecular flexibility index (Phi) is 3.76. The second kappa shape index (κ2) is 5.32. The number of carboxylic acid groups (broad SMARTS) is 1. The van der Waals surface area contributed by atoms with Crippen molar-refractivity contribution in [2.45, 2.75) is 6.92 Å². The molecule has 0 spiro atoms. The van der Waals surface area contributed by atoms with Gasteiger partial charge in [-0.25, -0.2) is 4.79 Å². The van der Waals surface area contributed by atoms with E-state index in [1.165, 1.54) is 6.07 Å². The van der Waals surface area contributed by atoms with Crippen LogP contribution in [0.5, 0.6) is 0 Å². The Hall–Kier alpha value is -2.01. The lowest BCUT2D eigenvalue weighted by Crippen LogP contribution is -2.04. The van der Waals surface area contributed by atoms with Gasteiger partial charge >= 0.3 is 5.97 Å². The van der Waals surface area contributed by atoms with Crippen molar-refractivity contribution >= 4 is 39.0 Å². The summed E-state index contributed by atoms with van der Waals surface area (Å²) >= 11 is 3.42. The summed E-state index contributed by atoms with van der Waals surface area (Å²) in [5, 5.41) is 12.3. The van der Waals surface area contributed by atoms with E-state index < -0.39 is 5.97 Å². The Morgan fingerprint density at radius 2 is 2.00 bits per heavy atom.